The highest BCUT2D eigenvalue weighted by atomic mass is 79.9. The van der Waals surface area contributed by atoms with Crippen LogP contribution in [0, 0.1) is 0 Å². The molecule has 28 heavy (non-hydrogen) atoms. The van der Waals surface area contributed by atoms with Gasteiger partial charge < -0.3 is 10.1 Å². The maximum absolute atomic E-state index is 12.6. The number of carbonyl (C=O) groups excluding carboxylic acids is 2. The fourth-order valence-electron chi connectivity index (χ4n) is 2.65. The lowest BCUT2D eigenvalue weighted by Gasteiger charge is -2.18. The number of ether oxygens (including phenoxy) is 1. The summed E-state index contributed by atoms with van der Waals surface area (Å²) < 4.78 is 31.8. The minimum atomic E-state index is -3.79. The normalized spacial score (nSPS) is 14.2. The van der Waals surface area contributed by atoms with Crippen molar-refractivity contribution in [3.8, 4) is 0 Å². The molecule has 1 fully saturated rings. The predicted molar refractivity (Wildman–Crippen MR) is 108 cm³/mol. The molecule has 0 bridgehead atoms. The molecule has 0 radical (unpaired) electrons. The maximum Gasteiger partial charge on any atom is 0.414 e. The molecule has 0 spiro atoms. The highest BCUT2D eigenvalue weighted by molar-refractivity contribution is 9.10. The summed E-state index contributed by atoms with van der Waals surface area (Å²) in [6.45, 7) is 0.396. The molecule has 0 aliphatic carbocycles. The lowest BCUT2D eigenvalue weighted by Crippen LogP contribution is -2.35. The number of carbonyl (C=O) groups is 2. The van der Waals surface area contributed by atoms with Crippen LogP contribution in [0.3, 0.4) is 0 Å². The number of hydrogen-bond donors (Lipinski definition) is 1. The summed E-state index contributed by atoms with van der Waals surface area (Å²) in [4.78, 5) is 25.5. The van der Waals surface area contributed by atoms with Gasteiger partial charge in [-0.15, -0.1) is 0 Å². The van der Waals surface area contributed by atoms with Gasteiger partial charge in [0.2, 0.25) is 15.9 Å². The van der Waals surface area contributed by atoms with E-state index < -0.39 is 22.0 Å². The van der Waals surface area contributed by atoms with Crippen LogP contribution >= 0.6 is 15.9 Å². The summed E-state index contributed by atoms with van der Waals surface area (Å²) in [6.07, 6.45) is -0.441. The summed E-state index contributed by atoms with van der Waals surface area (Å²) in [5.74, 6) is -0.496. The van der Waals surface area contributed by atoms with Gasteiger partial charge in [0.05, 0.1) is 18.0 Å². The van der Waals surface area contributed by atoms with Crippen molar-refractivity contribution in [2.24, 2.45) is 0 Å². The van der Waals surface area contributed by atoms with Gasteiger partial charge in [-0.1, -0.05) is 22.0 Å². The zero-order valence-corrected chi connectivity index (χ0v) is 17.4. The van der Waals surface area contributed by atoms with E-state index in [9.17, 15) is 18.0 Å². The second-order valence-corrected chi connectivity index (χ2v) is 9.04. The summed E-state index contributed by atoms with van der Waals surface area (Å²) in [7, 11) is -2.45. The zero-order chi connectivity index (χ0) is 20.3. The van der Waals surface area contributed by atoms with Crippen molar-refractivity contribution >= 4 is 49.3 Å². The molecule has 0 atom stereocenters. The van der Waals surface area contributed by atoms with E-state index in [0.717, 1.165) is 8.78 Å². The quantitative estimate of drug-likeness (QED) is 0.704. The first kappa shape index (κ1) is 20.3. The largest absolute Gasteiger partial charge is 0.447 e. The Labute approximate surface area is 171 Å². The SMILES string of the molecule is CN(CC(=O)Nc1cccc(N2CCOC2=O)c1)S(=O)(=O)c1ccc(Br)cc1. The fourth-order valence-corrected chi connectivity index (χ4v) is 4.05. The van der Waals surface area contributed by atoms with E-state index in [4.69, 9.17) is 4.74 Å². The van der Waals surface area contributed by atoms with Gasteiger partial charge >= 0.3 is 6.09 Å². The van der Waals surface area contributed by atoms with Gasteiger partial charge in [-0.25, -0.2) is 13.2 Å². The molecule has 1 saturated heterocycles. The van der Waals surface area contributed by atoms with E-state index in [0.29, 0.717) is 24.5 Å². The van der Waals surface area contributed by atoms with Crippen LogP contribution in [0.25, 0.3) is 0 Å². The van der Waals surface area contributed by atoms with E-state index in [1.807, 2.05) is 0 Å². The number of hydrogen-bond acceptors (Lipinski definition) is 5. The van der Waals surface area contributed by atoms with E-state index in [-0.39, 0.29) is 11.4 Å². The molecule has 2 aromatic carbocycles. The van der Waals surface area contributed by atoms with Gasteiger partial charge in [0.25, 0.3) is 0 Å². The van der Waals surface area contributed by atoms with Crippen LogP contribution in [-0.4, -0.2) is 51.5 Å². The van der Waals surface area contributed by atoms with Crippen molar-refractivity contribution in [2.75, 3.05) is 37.0 Å². The Kier molecular flexibility index (Phi) is 6.01. The van der Waals surface area contributed by atoms with Gasteiger partial charge in [-0.05, 0) is 42.5 Å². The number of benzene rings is 2. The van der Waals surface area contributed by atoms with E-state index in [1.165, 1.54) is 24.1 Å². The van der Waals surface area contributed by atoms with Crippen molar-refractivity contribution in [1.82, 2.24) is 4.31 Å². The van der Waals surface area contributed by atoms with Crippen molar-refractivity contribution < 1.29 is 22.7 Å². The molecule has 1 aliphatic rings. The predicted octanol–water partition coefficient (Wildman–Crippen LogP) is 2.66. The average Bonchev–Trinajstić information content (AvgIpc) is 3.08. The molecule has 0 saturated carbocycles. The lowest BCUT2D eigenvalue weighted by molar-refractivity contribution is -0.116. The zero-order valence-electron chi connectivity index (χ0n) is 15.0. The molecular formula is C18H18BrN3O5S. The highest BCUT2D eigenvalue weighted by Gasteiger charge is 2.25. The first-order valence-electron chi connectivity index (χ1n) is 8.33. The maximum atomic E-state index is 12.6. The fraction of sp³-hybridized carbons (Fsp3) is 0.222. The number of anilines is 2. The molecule has 148 valence electrons. The molecule has 3 rings (SSSR count). The molecule has 0 unspecified atom stereocenters. The molecule has 2 aromatic rings. The van der Waals surface area contributed by atoms with Crippen LogP contribution in [0.1, 0.15) is 0 Å². The Hall–Kier alpha value is -2.43. The smallest absolute Gasteiger partial charge is 0.414 e. The molecule has 1 N–H and O–H groups in total. The first-order chi connectivity index (χ1) is 13.3. The molecular weight excluding hydrogens is 450 g/mol. The third-order valence-electron chi connectivity index (χ3n) is 4.09. The summed E-state index contributed by atoms with van der Waals surface area (Å²) in [6, 6.07) is 12.9. The molecule has 1 heterocycles. The lowest BCUT2D eigenvalue weighted by atomic mass is 10.2. The first-order valence-corrected chi connectivity index (χ1v) is 10.6. The minimum absolute atomic E-state index is 0.0977. The molecule has 1 aliphatic heterocycles. The Bertz CT molecular complexity index is 995. The number of halogens is 1. The molecule has 0 aromatic heterocycles. The Balaban J connectivity index is 1.67. The van der Waals surface area contributed by atoms with E-state index in [1.54, 1.807) is 36.4 Å². The number of amides is 2. The summed E-state index contributed by atoms with van der Waals surface area (Å²) in [5, 5.41) is 2.65. The monoisotopic (exact) mass is 467 g/mol. The number of nitrogens with zero attached hydrogens (tertiary/aromatic N) is 2. The summed E-state index contributed by atoms with van der Waals surface area (Å²) >= 11 is 3.26. The van der Waals surface area contributed by atoms with Crippen LogP contribution in [-0.2, 0) is 19.6 Å². The average molecular weight is 468 g/mol. The second-order valence-electron chi connectivity index (χ2n) is 6.08. The van der Waals surface area contributed by atoms with Gasteiger partial charge in [0.15, 0.2) is 0 Å². The Morgan fingerprint density at radius 3 is 2.61 bits per heavy atom. The third kappa shape index (κ3) is 4.51. The number of likely N-dealkylation sites (N-methyl/N-ethyl adjacent to an activating group) is 1. The molecule has 2 amide bonds. The topological polar surface area (TPSA) is 96.0 Å². The van der Waals surface area contributed by atoms with Crippen molar-refractivity contribution in [3.05, 3.63) is 53.0 Å². The van der Waals surface area contributed by atoms with Gasteiger partial charge in [0, 0.05) is 22.9 Å². The van der Waals surface area contributed by atoms with Crippen LogP contribution in [0.15, 0.2) is 57.9 Å². The number of cyclic esters (lactones) is 1. The van der Waals surface area contributed by atoms with E-state index in [2.05, 4.69) is 21.2 Å². The van der Waals surface area contributed by atoms with Gasteiger partial charge in [-0.2, -0.15) is 4.31 Å². The van der Waals surface area contributed by atoms with Crippen molar-refractivity contribution in [1.29, 1.82) is 0 Å². The minimum Gasteiger partial charge on any atom is -0.447 e. The van der Waals surface area contributed by atoms with Crippen LogP contribution in [0.4, 0.5) is 16.2 Å². The van der Waals surface area contributed by atoms with Gasteiger partial charge in [0.1, 0.15) is 6.61 Å². The molecule has 10 heteroatoms. The van der Waals surface area contributed by atoms with Crippen LogP contribution in [0.2, 0.25) is 0 Å². The molecule has 8 nitrogen and oxygen atoms in total. The Morgan fingerprint density at radius 1 is 1.25 bits per heavy atom. The second kappa shape index (κ2) is 8.29. The number of rotatable bonds is 6. The van der Waals surface area contributed by atoms with Crippen LogP contribution < -0.4 is 10.2 Å². The number of sulfonamides is 1. The summed E-state index contributed by atoms with van der Waals surface area (Å²) in [5.41, 5.74) is 1.05. The number of nitrogens with one attached hydrogen (secondary N) is 1. The van der Waals surface area contributed by atoms with E-state index >= 15 is 0 Å². The van der Waals surface area contributed by atoms with Gasteiger partial charge in [-0.3, -0.25) is 9.69 Å². The van der Waals surface area contributed by atoms with Crippen molar-refractivity contribution in [2.45, 2.75) is 4.90 Å². The third-order valence-corrected chi connectivity index (χ3v) is 6.44. The van der Waals surface area contributed by atoms with Crippen LogP contribution in [0.5, 0.6) is 0 Å². The highest BCUT2D eigenvalue weighted by Crippen LogP contribution is 2.23. The Morgan fingerprint density at radius 2 is 1.96 bits per heavy atom. The van der Waals surface area contributed by atoms with Crippen molar-refractivity contribution in [3.63, 3.8) is 0 Å². The standard InChI is InChI=1S/C18H18BrN3O5S/c1-21(28(25,26)16-7-5-13(19)6-8-16)12-17(23)20-14-3-2-4-15(11-14)22-9-10-27-18(22)24/h2-8,11H,9-10,12H2,1H3,(H,20,23).